The maximum atomic E-state index is 13.2. The SMILES string of the molecule is Cc1ccc(F)c(CC(Br)C(N)=O)c1. The number of amides is 1. The Morgan fingerprint density at radius 3 is 2.86 bits per heavy atom. The second kappa shape index (κ2) is 4.55. The quantitative estimate of drug-likeness (QED) is 0.829. The topological polar surface area (TPSA) is 43.1 Å². The molecule has 0 fully saturated rings. The summed E-state index contributed by atoms with van der Waals surface area (Å²) in [4.78, 5) is 10.2. The Balaban J connectivity index is 2.85. The van der Waals surface area contributed by atoms with Gasteiger partial charge in [0.15, 0.2) is 0 Å². The molecule has 0 aliphatic carbocycles. The van der Waals surface area contributed by atoms with E-state index >= 15 is 0 Å². The van der Waals surface area contributed by atoms with Crippen molar-refractivity contribution in [2.24, 2.45) is 5.73 Å². The molecular weight excluding hydrogens is 249 g/mol. The molecule has 0 spiro atoms. The van der Waals surface area contributed by atoms with Crippen molar-refractivity contribution < 1.29 is 9.18 Å². The van der Waals surface area contributed by atoms with E-state index in [1.54, 1.807) is 12.1 Å². The fraction of sp³-hybridized carbons (Fsp3) is 0.300. The molecule has 4 heteroatoms. The predicted octanol–water partition coefficient (Wildman–Crippen LogP) is 1.93. The number of alkyl halides is 1. The number of nitrogens with two attached hydrogens (primary N) is 1. The van der Waals surface area contributed by atoms with Crippen molar-refractivity contribution in [3.63, 3.8) is 0 Å². The fourth-order valence-corrected chi connectivity index (χ4v) is 1.50. The first-order valence-corrected chi connectivity index (χ1v) is 5.10. The number of aryl methyl sites for hydroxylation is 1. The van der Waals surface area contributed by atoms with Gasteiger partial charge in [-0.1, -0.05) is 33.6 Å². The summed E-state index contributed by atoms with van der Waals surface area (Å²) in [6.07, 6.45) is 0.281. The molecule has 0 aliphatic rings. The van der Waals surface area contributed by atoms with Crippen LogP contribution in [0.4, 0.5) is 4.39 Å². The van der Waals surface area contributed by atoms with E-state index in [0.717, 1.165) is 5.56 Å². The van der Waals surface area contributed by atoms with Gasteiger partial charge in [0.05, 0.1) is 4.83 Å². The van der Waals surface area contributed by atoms with E-state index in [1.807, 2.05) is 6.92 Å². The second-order valence-electron chi connectivity index (χ2n) is 3.17. The third-order valence-corrected chi connectivity index (χ3v) is 2.68. The molecule has 0 radical (unpaired) electrons. The summed E-state index contributed by atoms with van der Waals surface area (Å²) >= 11 is 3.10. The van der Waals surface area contributed by atoms with Gasteiger partial charge in [0.2, 0.25) is 5.91 Å². The predicted molar refractivity (Wildman–Crippen MR) is 56.8 cm³/mol. The minimum atomic E-state index is -0.515. The molecule has 0 heterocycles. The van der Waals surface area contributed by atoms with Crippen LogP contribution in [0.2, 0.25) is 0 Å². The van der Waals surface area contributed by atoms with Crippen LogP contribution in [-0.4, -0.2) is 10.7 Å². The third-order valence-electron chi connectivity index (χ3n) is 1.91. The molecule has 1 aromatic rings. The van der Waals surface area contributed by atoms with E-state index in [2.05, 4.69) is 15.9 Å². The van der Waals surface area contributed by atoms with Gasteiger partial charge in [0.25, 0.3) is 0 Å². The zero-order chi connectivity index (χ0) is 10.7. The number of carbonyl (C=O) groups excluding carboxylic acids is 1. The molecule has 76 valence electrons. The van der Waals surface area contributed by atoms with Crippen molar-refractivity contribution >= 4 is 21.8 Å². The van der Waals surface area contributed by atoms with Gasteiger partial charge in [-0.3, -0.25) is 4.79 Å². The number of rotatable bonds is 3. The lowest BCUT2D eigenvalue weighted by molar-refractivity contribution is -0.117. The van der Waals surface area contributed by atoms with Gasteiger partial charge in [-0.15, -0.1) is 0 Å². The Labute approximate surface area is 90.4 Å². The molecule has 1 unspecified atom stereocenters. The minimum Gasteiger partial charge on any atom is -0.369 e. The van der Waals surface area contributed by atoms with Crippen molar-refractivity contribution in [1.82, 2.24) is 0 Å². The third kappa shape index (κ3) is 2.80. The highest BCUT2D eigenvalue weighted by molar-refractivity contribution is 9.10. The number of halogens is 2. The number of hydrogen-bond acceptors (Lipinski definition) is 1. The van der Waals surface area contributed by atoms with Crippen LogP contribution in [-0.2, 0) is 11.2 Å². The molecule has 0 saturated carbocycles. The van der Waals surface area contributed by atoms with Crippen LogP contribution in [0.3, 0.4) is 0 Å². The smallest absolute Gasteiger partial charge is 0.231 e. The van der Waals surface area contributed by atoms with E-state index in [-0.39, 0.29) is 12.2 Å². The molecule has 1 aromatic carbocycles. The maximum absolute atomic E-state index is 13.2. The summed E-state index contributed by atoms with van der Waals surface area (Å²) in [5.74, 6) is -0.785. The largest absolute Gasteiger partial charge is 0.369 e. The molecule has 0 aromatic heterocycles. The minimum absolute atomic E-state index is 0.281. The molecule has 14 heavy (non-hydrogen) atoms. The lowest BCUT2D eigenvalue weighted by Crippen LogP contribution is -2.25. The lowest BCUT2D eigenvalue weighted by Gasteiger charge is -2.07. The van der Waals surface area contributed by atoms with Crippen LogP contribution in [0.1, 0.15) is 11.1 Å². The summed E-state index contributed by atoms with van der Waals surface area (Å²) in [7, 11) is 0. The van der Waals surface area contributed by atoms with Crippen LogP contribution in [0.5, 0.6) is 0 Å². The van der Waals surface area contributed by atoms with Crippen LogP contribution in [0, 0.1) is 12.7 Å². The molecule has 1 rings (SSSR count). The van der Waals surface area contributed by atoms with Gasteiger partial charge in [-0.25, -0.2) is 4.39 Å². The first-order chi connectivity index (χ1) is 6.50. The lowest BCUT2D eigenvalue weighted by atomic mass is 10.1. The van der Waals surface area contributed by atoms with Gasteiger partial charge in [-0.2, -0.15) is 0 Å². The average molecular weight is 260 g/mol. The Kier molecular flexibility index (Phi) is 3.63. The zero-order valence-electron chi connectivity index (χ0n) is 7.76. The molecule has 1 atom stereocenters. The Morgan fingerprint density at radius 2 is 2.29 bits per heavy atom. The number of benzene rings is 1. The normalized spacial score (nSPS) is 12.5. The van der Waals surface area contributed by atoms with Gasteiger partial charge in [-0.05, 0) is 25.0 Å². The summed E-state index contributed by atoms with van der Waals surface area (Å²) in [6, 6.07) is 4.80. The summed E-state index contributed by atoms with van der Waals surface area (Å²) < 4.78 is 13.2. The van der Waals surface area contributed by atoms with Crippen molar-refractivity contribution in [3.8, 4) is 0 Å². The molecule has 0 bridgehead atoms. The molecular formula is C10H11BrFNO. The van der Waals surface area contributed by atoms with Gasteiger partial charge >= 0.3 is 0 Å². The monoisotopic (exact) mass is 259 g/mol. The van der Waals surface area contributed by atoms with Crippen molar-refractivity contribution in [1.29, 1.82) is 0 Å². The van der Waals surface area contributed by atoms with Crippen molar-refractivity contribution in [2.45, 2.75) is 18.2 Å². The Morgan fingerprint density at radius 1 is 1.64 bits per heavy atom. The average Bonchev–Trinajstić information content (AvgIpc) is 2.11. The van der Waals surface area contributed by atoms with E-state index in [4.69, 9.17) is 5.73 Å². The highest BCUT2D eigenvalue weighted by atomic mass is 79.9. The first-order valence-electron chi connectivity index (χ1n) is 4.19. The van der Waals surface area contributed by atoms with Crippen molar-refractivity contribution in [2.75, 3.05) is 0 Å². The van der Waals surface area contributed by atoms with Crippen LogP contribution in [0.15, 0.2) is 18.2 Å². The van der Waals surface area contributed by atoms with Crippen molar-refractivity contribution in [3.05, 3.63) is 35.1 Å². The van der Waals surface area contributed by atoms with Crippen LogP contribution < -0.4 is 5.73 Å². The highest BCUT2D eigenvalue weighted by Gasteiger charge is 2.14. The maximum Gasteiger partial charge on any atom is 0.231 e. The van der Waals surface area contributed by atoms with Gasteiger partial charge < -0.3 is 5.73 Å². The van der Waals surface area contributed by atoms with E-state index < -0.39 is 10.7 Å². The number of hydrogen-bond donors (Lipinski definition) is 1. The first kappa shape index (κ1) is 11.2. The Bertz CT molecular complexity index is 354. The second-order valence-corrected chi connectivity index (χ2v) is 4.27. The molecule has 0 saturated heterocycles. The summed E-state index contributed by atoms with van der Waals surface area (Å²) in [5, 5.41) is 0. The summed E-state index contributed by atoms with van der Waals surface area (Å²) in [5.41, 5.74) is 6.53. The van der Waals surface area contributed by atoms with Gasteiger partial charge in [0, 0.05) is 0 Å². The van der Waals surface area contributed by atoms with E-state index in [0.29, 0.717) is 5.56 Å². The zero-order valence-corrected chi connectivity index (χ0v) is 9.34. The number of primary amides is 1. The molecule has 2 nitrogen and oxygen atoms in total. The molecule has 2 N–H and O–H groups in total. The van der Waals surface area contributed by atoms with E-state index in [1.165, 1.54) is 6.07 Å². The molecule has 1 amide bonds. The van der Waals surface area contributed by atoms with Crippen LogP contribution >= 0.6 is 15.9 Å². The van der Waals surface area contributed by atoms with E-state index in [9.17, 15) is 9.18 Å². The fourth-order valence-electron chi connectivity index (χ4n) is 1.15. The van der Waals surface area contributed by atoms with Gasteiger partial charge in [0.1, 0.15) is 5.82 Å². The molecule has 0 aliphatic heterocycles. The number of carbonyl (C=O) groups is 1. The highest BCUT2D eigenvalue weighted by Crippen LogP contribution is 2.15. The summed E-state index contributed by atoms with van der Waals surface area (Å²) in [6.45, 7) is 1.87. The van der Waals surface area contributed by atoms with Crippen LogP contribution in [0.25, 0.3) is 0 Å². The Hall–Kier alpha value is -0.900. The standard InChI is InChI=1S/C10H11BrFNO/c1-6-2-3-9(12)7(4-6)5-8(11)10(13)14/h2-4,8H,5H2,1H3,(H2,13,14).